The normalized spacial score (nSPS) is 12.5. The molecule has 0 amide bonds. The summed E-state index contributed by atoms with van der Waals surface area (Å²) in [6.45, 7) is 5.89. The quantitative estimate of drug-likeness (QED) is 0.253. The Hall–Kier alpha value is -4.17. The number of hydrogen-bond acceptors (Lipinski definition) is 5. The van der Waals surface area contributed by atoms with Gasteiger partial charge in [0.2, 0.25) is 5.78 Å². The molecular weight excluding hydrogens is 470 g/mol. The van der Waals surface area contributed by atoms with E-state index in [0.29, 0.717) is 27.4 Å². The summed E-state index contributed by atoms with van der Waals surface area (Å²) in [4.78, 5) is 30.2. The van der Waals surface area contributed by atoms with Crippen LogP contribution in [0.15, 0.2) is 82.9 Å². The average molecular weight is 494 g/mol. The van der Waals surface area contributed by atoms with Gasteiger partial charge in [-0.05, 0) is 56.2 Å². The van der Waals surface area contributed by atoms with Crippen LogP contribution in [0.25, 0.3) is 33.3 Å². The summed E-state index contributed by atoms with van der Waals surface area (Å²) in [5, 5.41) is 10.5. The number of carbonyl (C=O) groups is 1. The molecule has 0 saturated carbocycles. The Kier molecular flexibility index (Phi) is 5.26. The number of nitrogens with zero attached hydrogens (tertiary/aromatic N) is 4. The highest BCUT2D eigenvalue weighted by atomic mass is 32.2. The van der Waals surface area contributed by atoms with Crippen molar-refractivity contribution in [3.8, 4) is 5.69 Å². The molecule has 0 spiro atoms. The van der Waals surface area contributed by atoms with Gasteiger partial charge in [0.15, 0.2) is 10.9 Å². The van der Waals surface area contributed by atoms with Gasteiger partial charge in [-0.1, -0.05) is 54.2 Å². The zero-order chi connectivity index (χ0) is 25.0. The molecule has 6 aromatic rings. The van der Waals surface area contributed by atoms with E-state index in [4.69, 9.17) is 0 Å². The molecule has 0 aliphatic carbocycles. The van der Waals surface area contributed by atoms with Gasteiger partial charge in [-0.3, -0.25) is 14.0 Å². The molecule has 1 unspecified atom stereocenters. The Morgan fingerprint density at radius 3 is 2.53 bits per heavy atom. The highest BCUT2D eigenvalue weighted by Gasteiger charge is 2.24. The molecule has 1 atom stereocenters. The highest BCUT2D eigenvalue weighted by Crippen LogP contribution is 2.30. The van der Waals surface area contributed by atoms with E-state index >= 15 is 0 Å². The lowest BCUT2D eigenvalue weighted by atomic mass is 10.1. The second kappa shape index (κ2) is 8.49. The molecule has 6 rings (SSSR count). The molecule has 3 aromatic heterocycles. The molecular formula is C28H23N5O2S. The molecule has 0 fully saturated rings. The van der Waals surface area contributed by atoms with Crippen molar-refractivity contribution in [3.05, 3.63) is 100.0 Å². The highest BCUT2D eigenvalue weighted by molar-refractivity contribution is 8.00. The van der Waals surface area contributed by atoms with Crippen LogP contribution in [0.1, 0.15) is 28.4 Å². The number of Topliss-reactive ketones (excluding diaryl/α,β-unsaturated/α-hetero) is 1. The molecule has 3 heterocycles. The van der Waals surface area contributed by atoms with Gasteiger partial charge >= 0.3 is 0 Å². The second-order valence-corrected chi connectivity index (χ2v) is 10.2. The lowest BCUT2D eigenvalue weighted by Crippen LogP contribution is -2.23. The molecule has 0 aliphatic heterocycles. The first-order valence-electron chi connectivity index (χ1n) is 11.7. The van der Waals surface area contributed by atoms with Gasteiger partial charge in [0.25, 0.3) is 5.56 Å². The number of benzene rings is 3. The lowest BCUT2D eigenvalue weighted by molar-refractivity contribution is 0.0995. The maximum atomic E-state index is 13.6. The van der Waals surface area contributed by atoms with E-state index in [1.165, 1.54) is 11.8 Å². The topological polar surface area (TPSA) is 85.0 Å². The molecule has 0 radical (unpaired) electrons. The molecule has 36 heavy (non-hydrogen) atoms. The fraction of sp³-hybridized carbons (Fsp3) is 0.143. The molecule has 0 saturated heterocycles. The summed E-state index contributed by atoms with van der Waals surface area (Å²) < 4.78 is 3.50. The van der Waals surface area contributed by atoms with Gasteiger partial charge in [0.1, 0.15) is 0 Å². The van der Waals surface area contributed by atoms with Crippen LogP contribution in [0.2, 0.25) is 0 Å². The largest absolute Gasteiger partial charge is 0.360 e. The van der Waals surface area contributed by atoms with Crippen LogP contribution >= 0.6 is 11.8 Å². The van der Waals surface area contributed by atoms with E-state index in [2.05, 4.69) is 15.2 Å². The molecule has 1 N–H and O–H groups in total. The summed E-state index contributed by atoms with van der Waals surface area (Å²) in [7, 11) is 0. The SMILES string of the molecule is Cc1cccc(-n2c(=O)c3ccccc3n3c(SC(C)C(=O)c4c[nH]c5ccccc45)nnc23)c1C. The maximum Gasteiger partial charge on any atom is 0.267 e. The minimum absolute atomic E-state index is 0.00126. The van der Waals surface area contributed by atoms with Crippen LogP contribution in [0.3, 0.4) is 0 Å². The first-order chi connectivity index (χ1) is 17.5. The lowest BCUT2D eigenvalue weighted by Gasteiger charge is -2.15. The molecule has 0 aliphatic rings. The molecule has 7 nitrogen and oxygen atoms in total. The number of H-pyrrole nitrogens is 1. The van der Waals surface area contributed by atoms with E-state index < -0.39 is 5.25 Å². The summed E-state index contributed by atoms with van der Waals surface area (Å²) in [5.41, 5.74) is 4.97. The van der Waals surface area contributed by atoms with E-state index in [-0.39, 0.29) is 11.3 Å². The van der Waals surface area contributed by atoms with Crippen molar-refractivity contribution in [2.45, 2.75) is 31.2 Å². The van der Waals surface area contributed by atoms with Gasteiger partial charge in [-0.2, -0.15) is 0 Å². The Balaban J connectivity index is 1.51. The van der Waals surface area contributed by atoms with Crippen LogP contribution in [0, 0.1) is 13.8 Å². The fourth-order valence-electron chi connectivity index (χ4n) is 4.66. The van der Waals surface area contributed by atoms with E-state index in [1.54, 1.807) is 10.8 Å². The standard InChI is InChI=1S/C28H23N5O2S/c1-16-9-8-14-23(17(16)2)32-26(35)20-11-5-7-13-24(20)33-27(32)30-31-28(33)36-18(3)25(34)21-15-29-22-12-6-4-10-19(21)22/h4-15,18,29H,1-3H3. The number of hydrogen-bond donors (Lipinski definition) is 1. The number of aryl methyl sites for hydroxylation is 1. The van der Waals surface area contributed by atoms with E-state index in [0.717, 1.165) is 27.7 Å². The van der Waals surface area contributed by atoms with E-state index in [1.807, 2.05) is 91.9 Å². The van der Waals surface area contributed by atoms with Crippen LogP contribution < -0.4 is 5.56 Å². The van der Waals surface area contributed by atoms with Crippen molar-refractivity contribution < 1.29 is 4.79 Å². The van der Waals surface area contributed by atoms with Gasteiger partial charge < -0.3 is 4.98 Å². The first-order valence-corrected chi connectivity index (χ1v) is 12.6. The Morgan fingerprint density at radius 2 is 1.69 bits per heavy atom. The van der Waals surface area contributed by atoms with Crippen molar-refractivity contribution >= 4 is 45.1 Å². The molecule has 178 valence electrons. The zero-order valence-corrected chi connectivity index (χ0v) is 20.8. The van der Waals surface area contributed by atoms with Crippen molar-refractivity contribution in [2.24, 2.45) is 0 Å². The van der Waals surface area contributed by atoms with Gasteiger partial charge in [-0.25, -0.2) is 4.57 Å². The summed E-state index contributed by atoms with van der Waals surface area (Å²) in [6, 6.07) is 21.1. The third-order valence-corrected chi connectivity index (χ3v) is 7.76. The summed E-state index contributed by atoms with van der Waals surface area (Å²) in [5.74, 6) is 0.419. The summed E-state index contributed by atoms with van der Waals surface area (Å²) in [6.07, 6.45) is 1.76. The average Bonchev–Trinajstić information content (AvgIpc) is 3.51. The van der Waals surface area contributed by atoms with Crippen LogP contribution in [-0.4, -0.2) is 35.2 Å². The number of para-hydroxylation sites is 2. The zero-order valence-electron chi connectivity index (χ0n) is 20.0. The number of carbonyl (C=O) groups excluding carboxylic acids is 1. The minimum atomic E-state index is -0.420. The number of fused-ring (bicyclic) bond motifs is 4. The number of thioether (sulfide) groups is 1. The van der Waals surface area contributed by atoms with Crippen LogP contribution in [0.4, 0.5) is 0 Å². The Bertz CT molecular complexity index is 1860. The van der Waals surface area contributed by atoms with Crippen LogP contribution in [0.5, 0.6) is 0 Å². The van der Waals surface area contributed by atoms with Crippen LogP contribution in [-0.2, 0) is 0 Å². The molecule has 8 heteroatoms. The van der Waals surface area contributed by atoms with Gasteiger partial charge in [0, 0.05) is 22.7 Å². The maximum absolute atomic E-state index is 13.6. The molecule has 0 bridgehead atoms. The first kappa shape index (κ1) is 22.3. The van der Waals surface area contributed by atoms with Crippen molar-refractivity contribution in [3.63, 3.8) is 0 Å². The fourth-order valence-corrected chi connectivity index (χ4v) is 5.58. The van der Waals surface area contributed by atoms with Gasteiger partial charge in [-0.15, -0.1) is 10.2 Å². The third-order valence-electron chi connectivity index (χ3n) is 6.72. The summed E-state index contributed by atoms with van der Waals surface area (Å²) >= 11 is 1.34. The number of aromatic nitrogens is 5. The van der Waals surface area contributed by atoms with Crippen molar-refractivity contribution in [2.75, 3.05) is 0 Å². The Labute approximate surface area is 210 Å². The third kappa shape index (κ3) is 3.37. The number of nitrogens with one attached hydrogen (secondary N) is 1. The predicted molar refractivity (Wildman–Crippen MR) is 144 cm³/mol. The van der Waals surface area contributed by atoms with Crippen molar-refractivity contribution in [1.29, 1.82) is 0 Å². The minimum Gasteiger partial charge on any atom is -0.360 e. The smallest absolute Gasteiger partial charge is 0.267 e. The number of ketones is 1. The predicted octanol–water partition coefficient (Wildman–Crippen LogP) is 5.50. The number of aromatic amines is 1. The van der Waals surface area contributed by atoms with E-state index in [9.17, 15) is 9.59 Å². The molecule has 3 aromatic carbocycles. The Morgan fingerprint density at radius 1 is 0.944 bits per heavy atom. The second-order valence-electron chi connectivity index (χ2n) is 8.87. The number of rotatable bonds is 5. The van der Waals surface area contributed by atoms with Gasteiger partial charge in [0.05, 0.1) is 21.8 Å². The monoisotopic (exact) mass is 493 g/mol. The van der Waals surface area contributed by atoms with Crippen molar-refractivity contribution in [1.82, 2.24) is 24.1 Å².